The van der Waals surface area contributed by atoms with Gasteiger partial charge in [-0.1, -0.05) is 17.7 Å². The van der Waals surface area contributed by atoms with Crippen molar-refractivity contribution in [3.8, 4) is 5.75 Å². The normalized spacial score (nSPS) is 11.2. The third-order valence-corrected chi connectivity index (χ3v) is 5.23. The van der Waals surface area contributed by atoms with Gasteiger partial charge in [-0.05, 0) is 36.4 Å². The summed E-state index contributed by atoms with van der Waals surface area (Å²) in [4.78, 5) is 13.5. The van der Waals surface area contributed by atoms with Crippen LogP contribution in [0.1, 0.15) is 6.92 Å². The topological polar surface area (TPSA) is 75.7 Å². The fraction of sp³-hybridized carbons (Fsp3) is 0.235. The lowest BCUT2D eigenvalue weighted by molar-refractivity contribution is -0.116. The molecule has 8 heteroatoms. The van der Waals surface area contributed by atoms with Crippen molar-refractivity contribution < 1.29 is 17.9 Å². The average Bonchev–Trinajstić information content (AvgIpc) is 2.59. The van der Waals surface area contributed by atoms with Crippen LogP contribution in [0.2, 0.25) is 5.02 Å². The van der Waals surface area contributed by atoms with Crippen LogP contribution >= 0.6 is 11.6 Å². The van der Waals surface area contributed by atoms with Crippen molar-refractivity contribution in [3.63, 3.8) is 0 Å². The summed E-state index contributed by atoms with van der Waals surface area (Å²) < 4.78 is 32.1. The number of nitrogens with one attached hydrogen (secondary N) is 1. The number of methoxy groups -OCH3 is 1. The van der Waals surface area contributed by atoms with Gasteiger partial charge in [0.25, 0.3) is 0 Å². The highest BCUT2D eigenvalue weighted by molar-refractivity contribution is 7.89. The van der Waals surface area contributed by atoms with Crippen molar-refractivity contribution in [3.05, 3.63) is 53.6 Å². The Kier molecular flexibility index (Phi) is 6.41. The molecule has 1 N–H and O–H groups in total. The Balaban J connectivity index is 2.06. The van der Waals surface area contributed by atoms with E-state index in [4.69, 9.17) is 16.3 Å². The first kappa shape index (κ1) is 19.2. The van der Waals surface area contributed by atoms with E-state index in [0.717, 1.165) is 0 Å². The number of sulfonamides is 1. The predicted octanol–water partition coefficient (Wildman–Crippen LogP) is 2.68. The van der Waals surface area contributed by atoms with Crippen LogP contribution in [-0.2, 0) is 14.8 Å². The first-order valence-corrected chi connectivity index (χ1v) is 9.37. The molecule has 0 heterocycles. The Hall–Kier alpha value is -2.09. The van der Waals surface area contributed by atoms with E-state index in [2.05, 4.69) is 4.72 Å². The highest BCUT2D eigenvalue weighted by Gasteiger charge is 2.16. The van der Waals surface area contributed by atoms with E-state index >= 15 is 0 Å². The predicted molar refractivity (Wildman–Crippen MR) is 97.7 cm³/mol. The second-order valence-electron chi connectivity index (χ2n) is 5.22. The molecule has 0 saturated carbocycles. The number of ether oxygens (including phenoxy) is 1. The number of anilines is 1. The van der Waals surface area contributed by atoms with Crippen LogP contribution in [-0.4, -0.2) is 34.5 Å². The van der Waals surface area contributed by atoms with Crippen LogP contribution in [0.15, 0.2) is 53.4 Å². The number of benzene rings is 2. The summed E-state index contributed by atoms with van der Waals surface area (Å²) in [5.41, 5.74) is 0.637. The van der Waals surface area contributed by atoms with E-state index in [9.17, 15) is 13.2 Å². The Bertz CT molecular complexity index is 838. The van der Waals surface area contributed by atoms with Gasteiger partial charge in [-0.15, -0.1) is 0 Å². The van der Waals surface area contributed by atoms with Gasteiger partial charge in [0.05, 0.1) is 12.0 Å². The van der Waals surface area contributed by atoms with E-state index < -0.39 is 10.0 Å². The molecule has 2 rings (SSSR count). The lowest BCUT2D eigenvalue weighted by Crippen LogP contribution is -2.37. The van der Waals surface area contributed by atoms with Gasteiger partial charge in [0.1, 0.15) is 5.75 Å². The maximum atomic E-state index is 12.3. The van der Waals surface area contributed by atoms with Crippen LogP contribution in [0, 0.1) is 0 Å². The Morgan fingerprint density at radius 2 is 1.88 bits per heavy atom. The van der Waals surface area contributed by atoms with E-state index in [1.807, 2.05) is 0 Å². The molecule has 0 aromatic heterocycles. The van der Waals surface area contributed by atoms with Gasteiger partial charge in [-0.2, -0.15) is 0 Å². The molecule has 0 aliphatic carbocycles. The Morgan fingerprint density at radius 1 is 1.20 bits per heavy atom. The lowest BCUT2D eigenvalue weighted by Gasteiger charge is -2.22. The second-order valence-corrected chi connectivity index (χ2v) is 7.43. The summed E-state index contributed by atoms with van der Waals surface area (Å²) in [6.45, 7) is 1.68. The maximum Gasteiger partial charge on any atom is 0.240 e. The lowest BCUT2D eigenvalue weighted by atomic mass is 10.2. The van der Waals surface area contributed by atoms with Crippen LogP contribution in [0.25, 0.3) is 0 Å². The van der Waals surface area contributed by atoms with Crippen LogP contribution in [0.3, 0.4) is 0 Å². The van der Waals surface area contributed by atoms with E-state index in [1.165, 1.54) is 43.2 Å². The van der Waals surface area contributed by atoms with Gasteiger partial charge >= 0.3 is 0 Å². The molecule has 0 atom stereocenters. The van der Waals surface area contributed by atoms with Gasteiger partial charge in [0.2, 0.25) is 15.9 Å². The zero-order valence-electron chi connectivity index (χ0n) is 13.9. The van der Waals surface area contributed by atoms with Gasteiger partial charge in [-0.3, -0.25) is 4.79 Å². The quantitative estimate of drug-likeness (QED) is 0.798. The summed E-state index contributed by atoms with van der Waals surface area (Å²) in [6.07, 6.45) is 0. The zero-order chi connectivity index (χ0) is 18.4. The number of rotatable bonds is 7. The molecule has 0 unspecified atom stereocenters. The van der Waals surface area contributed by atoms with Crippen LogP contribution < -0.4 is 14.4 Å². The van der Waals surface area contributed by atoms with Crippen LogP contribution in [0.4, 0.5) is 5.69 Å². The molecule has 0 aliphatic rings. The second kappa shape index (κ2) is 8.33. The number of amides is 1. The van der Waals surface area contributed by atoms with E-state index in [-0.39, 0.29) is 23.9 Å². The smallest absolute Gasteiger partial charge is 0.240 e. The third-order valence-electron chi connectivity index (χ3n) is 3.50. The number of hydrogen-bond donors (Lipinski definition) is 1. The van der Waals surface area contributed by atoms with Gasteiger partial charge in [0.15, 0.2) is 0 Å². The number of nitrogens with zero attached hydrogens (tertiary/aromatic N) is 1. The molecule has 2 aromatic carbocycles. The fourth-order valence-corrected chi connectivity index (χ4v) is 3.38. The zero-order valence-corrected chi connectivity index (χ0v) is 15.5. The summed E-state index contributed by atoms with van der Waals surface area (Å²) in [6, 6.07) is 12.9. The Morgan fingerprint density at radius 3 is 2.48 bits per heavy atom. The van der Waals surface area contributed by atoms with Gasteiger partial charge in [0, 0.05) is 36.8 Å². The van der Waals surface area contributed by atoms with Crippen molar-refractivity contribution in [2.24, 2.45) is 0 Å². The monoisotopic (exact) mass is 382 g/mol. The molecular formula is C17H19ClN2O4S. The summed E-state index contributed by atoms with van der Waals surface area (Å²) in [7, 11) is -2.13. The molecule has 0 radical (unpaired) electrons. The average molecular weight is 383 g/mol. The fourth-order valence-electron chi connectivity index (χ4n) is 2.24. The summed E-state index contributed by atoms with van der Waals surface area (Å²) >= 11 is 5.77. The molecule has 1 amide bonds. The minimum Gasteiger partial charge on any atom is -0.497 e. The molecular weight excluding hydrogens is 364 g/mol. The molecule has 6 nitrogen and oxygen atoms in total. The molecule has 0 bridgehead atoms. The minimum atomic E-state index is -3.66. The molecule has 134 valence electrons. The van der Waals surface area contributed by atoms with E-state index in [0.29, 0.717) is 16.5 Å². The molecule has 25 heavy (non-hydrogen) atoms. The number of hydrogen-bond acceptors (Lipinski definition) is 4. The Labute approximate surface area is 152 Å². The number of carbonyl (C=O) groups is 1. The molecule has 2 aromatic rings. The minimum absolute atomic E-state index is 0.0712. The highest BCUT2D eigenvalue weighted by Crippen LogP contribution is 2.21. The van der Waals surface area contributed by atoms with E-state index in [1.54, 1.807) is 24.3 Å². The van der Waals surface area contributed by atoms with Crippen LogP contribution in [0.5, 0.6) is 5.75 Å². The van der Waals surface area contributed by atoms with Crippen molar-refractivity contribution in [2.45, 2.75) is 11.8 Å². The van der Waals surface area contributed by atoms with Gasteiger partial charge in [-0.25, -0.2) is 13.1 Å². The largest absolute Gasteiger partial charge is 0.497 e. The summed E-state index contributed by atoms with van der Waals surface area (Å²) in [5, 5.41) is 0.458. The van der Waals surface area contributed by atoms with Crippen molar-refractivity contribution in [1.29, 1.82) is 0 Å². The standard InChI is InChI=1S/C17H19ClN2O4S/c1-13(21)20(15-4-3-5-16(12-15)24-2)11-10-19-25(22,23)17-8-6-14(18)7-9-17/h3-9,12,19H,10-11H2,1-2H3. The number of carbonyl (C=O) groups excluding carboxylic acids is 1. The van der Waals surface area contributed by atoms with Crippen molar-refractivity contribution in [2.75, 3.05) is 25.1 Å². The van der Waals surface area contributed by atoms with Gasteiger partial charge < -0.3 is 9.64 Å². The van der Waals surface area contributed by atoms with Crippen molar-refractivity contribution >= 4 is 33.2 Å². The maximum absolute atomic E-state index is 12.3. The first-order chi connectivity index (χ1) is 11.8. The number of halogens is 1. The molecule has 0 saturated heterocycles. The van der Waals surface area contributed by atoms with Crippen molar-refractivity contribution in [1.82, 2.24) is 4.72 Å². The third kappa shape index (κ3) is 5.19. The highest BCUT2D eigenvalue weighted by atomic mass is 35.5. The SMILES string of the molecule is COc1cccc(N(CCNS(=O)(=O)c2ccc(Cl)cc2)C(C)=O)c1. The molecule has 0 fully saturated rings. The molecule has 0 spiro atoms. The molecule has 0 aliphatic heterocycles. The first-order valence-electron chi connectivity index (χ1n) is 7.51. The summed E-state index contributed by atoms with van der Waals surface area (Å²) in [5.74, 6) is 0.421.